The van der Waals surface area contributed by atoms with E-state index >= 15 is 0 Å². The molecule has 3 N–H and O–H groups in total. The summed E-state index contributed by atoms with van der Waals surface area (Å²) in [5.41, 5.74) is 0.201. The Hall–Kier alpha value is -1.82. The Balaban J connectivity index is 3.40. The van der Waals surface area contributed by atoms with Crippen molar-refractivity contribution in [2.24, 2.45) is 0 Å². The lowest BCUT2D eigenvalue weighted by atomic mass is 10.2. The third-order valence-electron chi connectivity index (χ3n) is 1.81. The second kappa shape index (κ2) is 3.93. The molecular weight excluding hydrogens is 188 g/mol. The number of amides is 1. The van der Waals surface area contributed by atoms with E-state index in [1.807, 2.05) is 0 Å². The Bertz CT molecular complexity index is 410. The van der Waals surface area contributed by atoms with Crippen molar-refractivity contribution >= 4 is 5.91 Å². The number of hydroxylamine groups is 1. The van der Waals surface area contributed by atoms with Crippen LogP contribution in [0.1, 0.15) is 17.3 Å². The first-order chi connectivity index (χ1) is 6.61. The van der Waals surface area contributed by atoms with Gasteiger partial charge in [0, 0.05) is 12.7 Å². The molecule has 0 spiro atoms. The first-order valence-electron chi connectivity index (χ1n) is 3.98. The SMILES string of the molecule is CCn1ccc(O)c(C(=O)NO)c1=O. The zero-order valence-corrected chi connectivity index (χ0v) is 7.52. The number of nitrogens with zero attached hydrogens (tertiary/aromatic N) is 1. The summed E-state index contributed by atoms with van der Waals surface area (Å²) in [7, 11) is 0. The van der Waals surface area contributed by atoms with E-state index in [9.17, 15) is 14.7 Å². The largest absolute Gasteiger partial charge is 0.507 e. The van der Waals surface area contributed by atoms with Gasteiger partial charge in [-0.25, -0.2) is 5.48 Å². The first-order valence-corrected chi connectivity index (χ1v) is 3.98. The number of aromatic nitrogens is 1. The van der Waals surface area contributed by atoms with Gasteiger partial charge in [0.05, 0.1) is 0 Å². The minimum atomic E-state index is -1.02. The minimum Gasteiger partial charge on any atom is -0.507 e. The van der Waals surface area contributed by atoms with Gasteiger partial charge in [-0.15, -0.1) is 0 Å². The van der Waals surface area contributed by atoms with E-state index in [1.165, 1.54) is 22.3 Å². The molecule has 1 heterocycles. The standard InChI is InChI=1S/C8H10N2O4/c1-2-10-4-3-5(11)6(8(10)13)7(12)9-14/h3-4,11,14H,2H2,1H3,(H,9,12). The van der Waals surface area contributed by atoms with E-state index in [2.05, 4.69) is 0 Å². The van der Waals surface area contributed by atoms with Gasteiger partial charge in [-0.2, -0.15) is 0 Å². The van der Waals surface area contributed by atoms with Gasteiger partial charge < -0.3 is 9.67 Å². The van der Waals surface area contributed by atoms with Crippen LogP contribution in [0.2, 0.25) is 0 Å². The van der Waals surface area contributed by atoms with E-state index in [0.29, 0.717) is 6.54 Å². The van der Waals surface area contributed by atoms with E-state index < -0.39 is 22.8 Å². The fraction of sp³-hybridized carbons (Fsp3) is 0.250. The van der Waals surface area contributed by atoms with Crippen LogP contribution in [0, 0.1) is 0 Å². The maximum atomic E-state index is 11.5. The number of hydrogen-bond donors (Lipinski definition) is 3. The second-order valence-electron chi connectivity index (χ2n) is 2.61. The quantitative estimate of drug-likeness (QED) is 0.449. The van der Waals surface area contributed by atoms with Crippen molar-refractivity contribution in [1.29, 1.82) is 0 Å². The molecule has 0 saturated carbocycles. The van der Waals surface area contributed by atoms with Crippen LogP contribution in [0.15, 0.2) is 17.1 Å². The van der Waals surface area contributed by atoms with Crippen molar-refractivity contribution in [2.45, 2.75) is 13.5 Å². The lowest BCUT2D eigenvalue weighted by Gasteiger charge is -2.05. The van der Waals surface area contributed by atoms with Crippen LogP contribution in [0.3, 0.4) is 0 Å². The Morgan fingerprint density at radius 1 is 1.64 bits per heavy atom. The topological polar surface area (TPSA) is 91.6 Å². The summed E-state index contributed by atoms with van der Waals surface area (Å²) in [6, 6.07) is 1.22. The lowest BCUT2D eigenvalue weighted by Crippen LogP contribution is -2.31. The third-order valence-corrected chi connectivity index (χ3v) is 1.81. The van der Waals surface area contributed by atoms with Crippen molar-refractivity contribution in [1.82, 2.24) is 10.0 Å². The molecule has 0 aromatic carbocycles. The fourth-order valence-electron chi connectivity index (χ4n) is 1.08. The van der Waals surface area contributed by atoms with Crippen LogP contribution >= 0.6 is 0 Å². The third kappa shape index (κ3) is 1.60. The average Bonchev–Trinajstić information content (AvgIpc) is 2.18. The highest BCUT2D eigenvalue weighted by Gasteiger charge is 2.16. The number of nitrogens with one attached hydrogen (secondary N) is 1. The summed E-state index contributed by atoms with van der Waals surface area (Å²) >= 11 is 0. The fourth-order valence-corrected chi connectivity index (χ4v) is 1.08. The number of rotatable bonds is 2. The molecule has 1 aromatic rings. The van der Waals surface area contributed by atoms with Crippen LogP contribution in [0.25, 0.3) is 0 Å². The van der Waals surface area contributed by atoms with Crippen molar-refractivity contribution in [3.05, 3.63) is 28.2 Å². The van der Waals surface area contributed by atoms with Gasteiger partial charge in [0.15, 0.2) is 0 Å². The lowest BCUT2D eigenvalue weighted by molar-refractivity contribution is 0.0701. The van der Waals surface area contributed by atoms with Crippen molar-refractivity contribution in [3.8, 4) is 5.75 Å². The molecule has 0 unspecified atom stereocenters. The van der Waals surface area contributed by atoms with Gasteiger partial charge in [0.2, 0.25) is 0 Å². The highest BCUT2D eigenvalue weighted by Crippen LogP contribution is 2.10. The molecule has 0 aliphatic heterocycles. The van der Waals surface area contributed by atoms with Crippen molar-refractivity contribution < 1.29 is 15.1 Å². The number of carbonyl (C=O) groups is 1. The zero-order valence-electron chi connectivity index (χ0n) is 7.52. The molecule has 0 fully saturated rings. The smallest absolute Gasteiger partial charge is 0.284 e. The normalized spacial score (nSPS) is 9.86. The molecule has 1 aromatic heterocycles. The summed E-state index contributed by atoms with van der Waals surface area (Å²) in [4.78, 5) is 22.4. The van der Waals surface area contributed by atoms with Crippen LogP contribution < -0.4 is 11.0 Å². The summed E-state index contributed by atoms with van der Waals surface area (Å²) in [6.07, 6.45) is 1.37. The maximum absolute atomic E-state index is 11.5. The van der Waals surface area contributed by atoms with E-state index in [1.54, 1.807) is 6.92 Å². The Morgan fingerprint density at radius 3 is 2.79 bits per heavy atom. The summed E-state index contributed by atoms with van der Waals surface area (Å²) < 4.78 is 1.24. The second-order valence-corrected chi connectivity index (χ2v) is 2.61. The molecule has 6 nitrogen and oxygen atoms in total. The zero-order chi connectivity index (χ0) is 10.7. The van der Waals surface area contributed by atoms with Gasteiger partial charge in [-0.1, -0.05) is 0 Å². The molecule has 0 atom stereocenters. The van der Waals surface area contributed by atoms with Gasteiger partial charge in [0.1, 0.15) is 11.3 Å². The van der Waals surface area contributed by atoms with Crippen LogP contribution in [-0.2, 0) is 6.54 Å². The number of carbonyl (C=O) groups excluding carboxylic acids is 1. The average molecular weight is 198 g/mol. The maximum Gasteiger partial charge on any atom is 0.284 e. The predicted octanol–water partition coefficient (Wildman–Crippen LogP) is -0.307. The van der Waals surface area contributed by atoms with Gasteiger partial charge in [-0.3, -0.25) is 14.8 Å². The number of aryl methyl sites for hydroxylation is 1. The molecule has 1 amide bonds. The van der Waals surface area contributed by atoms with Gasteiger partial charge in [-0.05, 0) is 13.0 Å². The van der Waals surface area contributed by atoms with Crippen LogP contribution in [0.5, 0.6) is 5.75 Å². The highest BCUT2D eigenvalue weighted by atomic mass is 16.5. The summed E-state index contributed by atoms with van der Waals surface area (Å²) in [6.45, 7) is 2.10. The summed E-state index contributed by atoms with van der Waals surface area (Å²) in [5, 5.41) is 17.6. The first kappa shape index (κ1) is 10.3. The molecule has 0 radical (unpaired) electrons. The number of pyridine rings is 1. The Labute approximate surface area is 79.4 Å². The molecule has 76 valence electrons. The Morgan fingerprint density at radius 2 is 2.29 bits per heavy atom. The monoisotopic (exact) mass is 198 g/mol. The van der Waals surface area contributed by atoms with E-state index in [0.717, 1.165) is 0 Å². The van der Waals surface area contributed by atoms with E-state index in [-0.39, 0.29) is 0 Å². The van der Waals surface area contributed by atoms with Gasteiger partial charge >= 0.3 is 0 Å². The van der Waals surface area contributed by atoms with E-state index in [4.69, 9.17) is 5.21 Å². The highest BCUT2D eigenvalue weighted by molar-refractivity contribution is 5.95. The number of hydrogen-bond acceptors (Lipinski definition) is 4. The molecule has 14 heavy (non-hydrogen) atoms. The Kier molecular flexibility index (Phi) is 2.88. The summed E-state index contributed by atoms with van der Waals surface area (Å²) in [5.74, 6) is -1.47. The van der Waals surface area contributed by atoms with Crippen LogP contribution in [0.4, 0.5) is 0 Å². The molecule has 0 aliphatic rings. The number of aromatic hydroxyl groups is 1. The molecule has 0 aliphatic carbocycles. The molecule has 1 rings (SSSR count). The van der Waals surface area contributed by atoms with Crippen molar-refractivity contribution in [2.75, 3.05) is 0 Å². The molecule has 0 saturated heterocycles. The molecular formula is C8H10N2O4. The molecule has 6 heteroatoms. The van der Waals surface area contributed by atoms with Crippen molar-refractivity contribution in [3.63, 3.8) is 0 Å². The molecule has 0 bridgehead atoms. The minimum absolute atomic E-state index is 0.380. The van der Waals surface area contributed by atoms with Gasteiger partial charge in [0.25, 0.3) is 11.5 Å². The predicted molar refractivity (Wildman–Crippen MR) is 47.3 cm³/mol. The van der Waals surface area contributed by atoms with Crippen LogP contribution in [-0.4, -0.2) is 20.8 Å².